The van der Waals surface area contributed by atoms with Gasteiger partial charge in [-0.05, 0) is 38.8 Å². The molecule has 0 bridgehead atoms. The molecule has 0 aromatic heterocycles. The minimum atomic E-state index is 0.845. The fourth-order valence-corrected chi connectivity index (χ4v) is 2.28. The van der Waals surface area contributed by atoms with Gasteiger partial charge in [0.2, 0.25) is 0 Å². The summed E-state index contributed by atoms with van der Waals surface area (Å²) < 4.78 is 0. The lowest BCUT2D eigenvalue weighted by Gasteiger charge is -2.31. The molecule has 0 aliphatic heterocycles. The Balaban J connectivity index is 4.06. The smallest absolute Gasteiger partial charge is 0.00926 e. The van der Waals surface area contributed by atoms with E-state index in [0.717, 1.165) is 6.04 Å². The van der Waals surface area contributed by atoms with Crippen molar-refractivity contribution >= 4 is 0 Å². The van der Waals surface area contributed by atoms with E-state index in [2.05, 4.69) is 32.6 Å². The number of unbranched alkanes of at least 4 members (excludes halogenated alkanes) is 3. The van der Waals surface area contributed by atoms with Crippen molar-refractivity contribution in [1.29, 1.82) is 0 Å². The molecule has 0 amide bonds. The minimum absolute atomic E-state index is 0.845. The van der Waals surface area contributed by atoms with Crippen molar-refractivity contribution in [3.8, 4) is 0 Å². The second kappa shape index (κ2) is 11.4. The predicted octanol–water partition coefficient (Wildman–Crippen LogP) is 4.86. The van der Waals surface area contributed by atoms with Crippen LogP contribution in [0.1, 0.15) is 79.1 Å². The Kier molecular flexibility index (Phi) is 11.4. The zero-order chi connectivity index (χ0) is 12.2. The Morgan fingerprint density at radius 3 is 1.62 bits per heavy atom. The third-order valence-electron chi connectivity index (χ3n) is 3.48. The summed E-state index contributed by atoms with van der Waals surface area (Å²) in [7, 11) is 0. The van der Waals surface area contributed by atoms with Crippen molar-refractivity contribution in [3.05, 3.63) is 0 Å². The van der Waals surface area contributed by atoms with Gasteiger partial charge in [0.05, 0.1) is 0 Å². The molecule has 0 aliphatic rings. The van der Waals surface area contributed by atoms with E-state index in [-0.39, 0.29) is 0 Å². The van der Waals surface area contributed by atoms with Crippen LogP contribution >= 0.6 is 0 Å². The fraction of sp³-hybridized carbons (Fsp3) is 1.00. The summed E-state index contributed by atoms with van der Waals surface area (Å²) in [5, 5.41) is 0. The molecule has 0 heterocycles. The molecular weight excluding hydrogens is 194 g/mol. The molecule has 1 nitrogen and oxygen atoms in total. The molecule has 0 spiro atoms. The number of hydrogen-bond donors (Lipinski definition) is 0. The highest BCUT2D eigenvalue weighted by Gasteiger charge is 2.14. The topological polar surface area (TPSA) is 3.24 Å². The van der Waals surface area contributed by atoms with Gasteiger partial charge in [-0.25, -0.2) is 0 Å². The number of rotatable bonds is 11. The normalized spacial score (nSPS) is 13.3. The fourth-order valence-electron chi connectivity index (χ4n) is 2.28. The average molecular weight is 227 g/mol. The first-order chi connectivity index (χ1) is 7.79. The minimum Gasteiger partial charge on any atom is -0.300 e. The second-order valence-electron chi connectivity index (χ2n) is 4.95. The van der Waals surface area contributed by atoms with Crippen molar-refractivity contribution < 1.29 is 0 Å². The molecule has 0 saturated heterocycles. The summed E-state index contributed by atoms with van der Waals surface area (Å²) in [6, 6.07) is 0.845. The number of nitrogens with zero attached hydrogens (tertiary/aromatic N) is 1. The third-order valence-corrected chi connectivity index (χ3v) is 3.48. The molecule has 0 radical (unpaired) electrons. The van der Waals surface area contributed by atoms with Crippen molar-refractivity contribution in [2.45, 2.75) is 85.1 Å². The first kappa shape index (κ1) is 16.0. The summed E-state index contributed by atoms with van der Waals surface area (Å²) >= 11 is 0. The Bertz CT molecular complexity index is 125. The van der Waals surface area contributed by atoms with E-state index < -0.39 is 0 Å². The van der Waals surface area contributed by atoms with Gasteiger partial charge < -0.3 is 4.90 Å². The molecule has 0 aromatic rings. The van der Waals surface area contributed by atoms with Crippen LogP contribution in [0, 0.1) is 0 Å². The molecule has 1 atom stereocenters. The van der Waals surface area contributed by atoms with Gasteiger partial charge in [-0.1, -0.05) is 53.4 Å². The highest BCUT2D eigenvalue weighted by Crippen LogP contribution is 2.14. The molecule has 0 N–H and O–H groups in total. The van der Waals surface area contributed by atoms with E-state index in [0.29, 0.717) is 0 Å². The molecule has 1 heteroatoms. The monoisotopic (exact) mass is 227 g/mol. The average Bonchev–Trinajstić information content (AvgIpc) is 2.32. The molecule has 0 fully saturated rings. The Morgan fingerprint density at radius 2 is 1.25 bits per heavy atom. The summed E-state index contributed by atoms with van der Waals surface area (Å²) in [5.41, 5.74) is 0. The van der Waals surface area contributed by atoms with Crippen molar-refractivity contribution in [2.24, 2.45) is 0 Å². The van der Waals surface area contributed by atoms with Crippen LogP contribution in [0.2, 0.25) is 0 Å². The quantitative estimate of drug-likeness (QED) is 0.487. The van der Waals surface area contributed by atoms with E-state index in [4.69, 9.17) is 0 Å². The molecule has 98 valence electrons. The maximum Gasteiger partial charge on any atom is 0.00926 e. The second-order valence-corrected chi connectivity index (χ2v) is 4.95. The van der Waals surface area contributed by atoms with Gasteiger partial charge in [0.15, 0.2) is 0 Å². The highest BCUT2D eigenvalue weighted by molar-refractivity contribution is 4.70. The van der Waals surface area contributed by atoms with Gasteiger partial charge in [-0.15, -0.1) is 0 Å². The summed E-state index contributed by atoms with van der Waals surface area (Å²) in [6.07, 6.45) is 10.9. The van der Waals surface area contributed by atoms with Gasteiger partial charge in [-0.3, -0.25) is 0 Å². The third kappa shape index (κ3) is 7.27. The van der Waals surface area contributed by atoms with Crippen molar-refractivity contribution in [2.75, 3.05) is 13.1 Å². The zero-order valence-electron chi connectivity index (χ0n) is 12.1. The first-order valence-electron chi connectivity index (χ1n) is 7.54. The largest absolute Gasteiger partial charge is 0.300 e. The molecule has 0 aliphatic carbocycles. The maximum absolute atomic E-state index is 2.75. The van der Waals surface area contributed by atoms with Crippen LogP contribution in [0.25, 0.3) is 0 Å². The van der Waals surface area contributed by atoms with Crippen LogP contribution in [0.4, 0.5) is 0 Å². The zero-order valence-corrected chi connectivity index (χ0v) is 12.1. The molecular formula is C15H33N. The molecule has 0 rings (SSSR count). The van der Waals surface area contributed by atoms with Crippen LogP contribution in [0.5, 0.6) is 0 Å². The van der Waals surface area contributed by atoms with Crippen LogP contribution < -0.4 is 0 Å². The van der Waals surface area contributed by atoms with Crippen LogP contribution in [0.3, 0.4) is 0 Å². The van der Waals surface area contributed by atoms with E-state index >= 15 is 0 Å². The Morgan fingerprint density at radius 1 is 0.750 bits per heavy atom. The van der Waals surface area contributed by atoms with Crippen molar-refractivity contribution in [3.63, 3.8) is 0 Å². The van der Waals surface area contributed by atoms with E-state index in [9.17, 15) is 0 Å². The SMILES string of the molecule is CCCCC(CC)N(CCCC)CCCC. The van der Waals surface area contributed by atoms with Crippen LogP contribution in [-0.2, 0) is 0 Å². The summed E-state index contributed by atoms with van der Waals surface area (Å²) in [5.74, 6) is 0. The van der Waals surface area contributed by atoms with Gasteiger partial charge in [0, 0.05) is 6.04 Å². The van der Waals surface area contributed by atoms with Gasteiger partial charge in [-0.2, -0.15) is 0 Å². The lowest BCUT2D eigenvalue weighted by atomic mass is 10.0. The van der Waals surface area contributed by atoms with E-state index in [1.807, 2.05) is 0 Å². The summed E-state index contributed by atoms with van der Waals surface area (Å²) in [4.78, 5) is 2.75. The van der Waals surface area contributed by atoms with Gasteiger partial charge >= 0.3 is 0 Å². The summed E-state index contributed by atoms with van der Waals surface area (Å²) in [6.45, 7) is 11.9. The molecule has 0 saturated carbocycles. The highest BCUT2D eigenvalue weighted by atomic mass is 15.1. The lowest BCUT2D eigenvalue weighted by molar-refractivity contribution is 0.173. The Labute approximate surface area is 104 Å². The van der Waals surface area contributed by atoms with Crippen LogP contribution in [0.15, 0.2) is 0 Å². The first-order valence-corrected chi connectivity index (χ1v) is 7.54. The predicted molar refractivity (Wildman–Crippen MR) is 75.0 cm³/mol. The Hall–Kier alpha value is -0.0400. The number of hydrogen-bond acceptors (Lipinski definition) is 1. The van der Waals surface area contributed by atoms with Crippen molar-refractivity contribution in [1.82, 2.24) is 4.90 Å². The van der Waals surface area contributed by atoms with E-state index in [1.54, 1.807) is 0 Å². The molecule has 0 aromatic carbocycles. The van der Waals surface area contributed by atoms with Crippen LogP contribution in [-0.4, -0.2) is 24.0 Å². The maximum atomic E-state index is 2.75. The molecule has 16 heavy (non-hydrogen) atoms. The van der Waals surface area contributed by atoms with Gasteiger partial charge in [0.25, 0.3) is 0 Å². The molecule has 1 unspecified atom stereocenters. The van der Waals surface area contributed by atoms with E-state index in [1.165, 1.54) is 64.5 Å². The lowest BCUT2D eigenvalue weighted by Crippen LogP contribution is -2.36. The standard InChI is InChI=1S/C15H33N/c1-5-9-12-15(8-4)16(13-10-6-2)14-11-7-3/h15H,5-14H2,1-4H3. The van der Waals surface area contributed by atoms with Gasteiger partial charge in [0.1, 0.15) is 0 Å².